The van der Waals surface area contributed by atoms with E-state index < -0.39 is 16.3 Å². The third kappa shape index (κ3) is 3.07. The summed E-state index contributed by atoms with van der Waals surface area (Å²) in [4.78, 5) is 16.0. The Kier molecular flexibility index (Phi) is 4.09. The fourth-order valence-electron chi connectivity index (χ4n) is 3.94. The van der Waals surface area contributed by atoms with Crippen molar-refractivity contribution in [3.63, 3.8) is 0 Å². The predicted molar refractivity (Wildman–Crippen MR) is 93.1 cm³/mol. The fraction of sp³-hybridized carbons (Fsp3) is 0.562. The van der Waals surface area contributed by atoms with Crippen LogP contribution in [0.2, 0.25) is 0 Å². The lowest BCUT2D eigenvalue weighted by Gasteiger charge is -2.33. The Hall–Kier alpha value is -1.84. The van der Waals surface area contributed by atoms with E-state index in [1.54, 1.807) is 12.5 Å². The van der Waals surface area contributed by atoms with Crippen LogP contribution in [0.25, 0.3) is 5.52 Å². The Morgan fingerprint density at radius 1 is 1.32 bits per heavy atom. The Balaban J connectivity index is 1.76. The van der Waals surface area contributed by atoms with Gasteiger partial charge in [-0.2, -0.15) is 17.6 Å². The normalized spacial score (nSPS) is 23.6. The molecule has 0 spiro atoms. The third-order valence-corrected chi connectivity index (χ3v) is 6.37. The quantitative estimate of drug-likeness (QED) is 0.818. The highest BCUT2D eigenvalue weighted by Gasteiger charge is 2.37. The van der Waals surface area contributed by atoms with E-state index in [0.29, 0.717) is 18.9 Å². The Labute approximate surface area is 146 Å². The number of pyridine rings is 1. The maximum absolute atomic E-state index is 11.8. The van der Waals surface area contributed by atoms with Gasteiger partial charge in [0.15, 0.2) is 0 Å². The molecule has 1 aliphatic carbocycles. The highest BCUT2D eigenvalue weighted by atomic mass is 32.2. The molecule has 9 heteroatoms. The summed E-state index contributed by atoms with van der Waals surface area (Å²) in [7, 11) is -3.76. The number of nitroso groups, excluding NO2 is 1. The van der Waals surface area contributed by atoms with Gasteiger partial charge in [-0.25, -0.2) is 10.1 Å². The summed E-state index contributed by atoms with van der Waals surface area (Å²) in [6.07, 6.45) is 9.05. The Morgan fingerprint density at radius 3 is 2.80 bits per heavy atom. The largest absolute Gasteiger partial charge is 0.306 e. The molecule has 134 valence electrons. The Morgan fingerprint density at radius 2 is 2.12 bits per heavy atom. The average molecular weight is 363 g/mol. The number of piperidine rings is 1. The molecule has 1 saturated carbocycles. The van der Waals surface area contributed by atoms with Gasteiger partial charge in [0.25, 0.3) is 10.2 Å². The molecule has 0 bridgehead atoms. The Bertz CT molecular complexity index is 906. The average Bonchev–Trinajstić information content (AvgIpc) is 3.32. The van der Waals surface area contributed by atoms with Gasteiger partial charge < -0.3 is 4.40 Å². The van der Waals surface area contributed by atoms with E-state index in [2.05, 4.69) is 10.2 Å². The topological polar surface area (TPSA) is 110 Å². The number of fused-ring (bicyclic) bond motifs is 1. The molecule has 1 saturated heterocycles. The lowest BCUT2D eigenvalue weighted by Crippen LogP contribution is -2.44. The maximum Gasteiger partial charge on any atom is 0.276 e. The molecular formula is C16H21N5O3S. The van der Waals surface area contributed by atoms with E-state index in [9.17, 15) is 13.3 Å². The zero-order valence-corrected chi connectivity index (χ0v) is 14.6. The maximum atomic E-state index is 11.8. The van der Waals surface area contributed by atoms with Crippen LogP contribution in [0, 0.1) is 10.8 Å². The second kappa shape index (κ2) is 6.15. The molecule has 0 radical (unpaired) electrons. The first kappa shape index (κ1) is 16.6. The smallest absolute Gasteiger partial charge is 0.276 e. The van der Waals surface area contributed by atoms with Crippen molar-refractivity contribution in [2.45, 2.75) is 37.6 Å². The van der Waals surface area contributed by atoms with Gasteiger partial charge in [0.1, 0.15) is 6.04 Å². The van der Waals surface area contributed by atoms with Crippen molar-refractivity contribution < 1.29 is 8.42 Å². The molecule has 4 rings (SSSR count). The summed E-state index contributed by atoms with van der Waals surface area (Å²) in [6, 6.07) is 1.45. The van der Waals surface area contributed by atoms with Crippen LogP contribution in [0.15, 0.2) is 30.0 Å². The zero-order chi connectivity index (χ0) is 17.6. The first-order valence-electron chi connectivity index (χ1n) is 8.54. The van der Waals surface area contributed by atoms with Crippen LogP contribution in [-0.2, 0) is 10.2 Å². The van der Waals surface area contributed by atoms with Crippen LogP contribution in [0.4, 0.5) is 0 Å². The zero-order valence-electron chi connectivity index (χ0n) is 13.8. The summed E-state index contributed by atoms with van der Waals surface area (Å²) < 4.78 is 26.6. The van der Waals surface area contributed by atoms with E-state index in [4.69, 9.17) is 5.14 Å². The molecule has 2 aliphatic rings. The van der Waals surface area contributed by atoms with Crippen molar-refractivity contribution in [2.75, 3.05) is 13.1 Å². The molecule has 2 unspecified atom stereocenters. The van der Waals surface area contributed by atoms with Crippen LogP contribution in [0.3, 0.4) is 0 Å². The molecule has 2 atom stereocenters. The third-order valence-electron chi connectivity index (χ3n) is 5.32. The van der Waals surface area contributed by atoms with Crippen LogP contribution in [0.5, 0.6) is 0 Å². The van der Waals surface area contributed by atoms with Crippen LogP contribution in [0.1, 0.15) is 48.8 Å². The monoisotopic (exact) mass is 363 g/mol. The molecule has 3 heterocycles. The van der Waals surface area contributed by atoms with Crippen molar-refractivity contribution in [1.82, 2.24) is 13.7 Å². The number of rotatable bonds is 5. The van der Waals surface area contributed by atoms with Gasteiger partial charge in [-0.3, -0.25) is 0 Å². The van der Waals surface area contributed by atoms with Crippen molar-refractivity contribution in [1.29, 1.82) is 0 Å². The second-order valence-corrected chi connectivity index (χ2v) is 8.55. The van der Waals surface area contributed by atoms with Crippen molar-refractivity contribution in [3.05, 3.63) is 40.8 Å². The second-order valence-electron chi connectivity index (χ2n) is 7.00. The standard InChI is InChI=1S/C16H21N5O3S/c17-25(23,24)21-6-1-2-12(9-21)16(19-22)15-13(11-3-4-11)5-7-20-10-18-8-14(15)20/h5,7-8,10-12,16H,1-4,6,9H2,(H2,17,23,24). The van der Waals surface area contributed by atoms with E-state index in [-0.39, 0.29) is 12.5 Å². The van der Waals surface area contributed by atoms with Crippen LogP contribution in [-0.4, -0.2) is 35.2 Å². The van der Waals surface area contributed by atoms with Gasteiger partial charge in [-0.05, 0) is 43.2 Å². The van der Waals surface area contributed by atoms with E-state index in [1.807, 2.05) is 16.7 Å². The molecule has 0 amide bonds. The molecule has 2 fully saturated rings. The van der Waals surface area contributed by atoms with Gasteiger partial charge in [-0.1, -0.05) is 5.18 Å². The summed E-state index contributed by atoms with van der Waals surface area (Å²) in [5.41, 5.74) is 2.92. The minimum absolute atomic E-state index is 0.178. The fourth-order valence-corrected chi connectivity index (χ4v) is 4.72. The van der Waals surface area contributed by atoms with Crippen molar-refractivity contribution in [3.8, 4) is 0 Å². The van der Waals surface area contributed by atoms with Crippen LogP contribution >= 0.6 is 0 Å². The summed E-state index contributed by atoms with van der Waals surface area (Å²) >= 11 is 0. The number of nitrogens with zero attached hydrogens (tertiary/aromatic N) is 4. The van der Waals surface area contributed by atoms with E-state index in [0.717, 1.165) is 35.9 Å². The minimum atomic E-state index is -3.76. The summed E-state index contributed by atoms with van der Waals surface area (Å²) in [6.45, 7) is 0.627. The van der Waals surface area contributed by atoms with E-state index >= 15 is 0 Å². The number of imidazole rings is 1. The first-order valence-corrected chi connectivity index (χ1v) is 10.0. The number of nitrogens with two attached hydrogens (primary N) is 1. The number of hydrogen-bond donors (Lipinski definition) is 1. The van der Waals surface area contributed by atoms with Crippen molar-refractivity contribution >= 4 is 15.7 Å². The van der Waals surface area contributed by atoms with Crippen LogP contribution < -0.4 is 5.14 Å². The summed E-state index contributed by atoms with van der Waals surface area (Å²) in [5, 5.41) is 8.74. The molecular weight excluding hydrogens is 342 g/mol. The first-order chi connectivity index (χ1) is 12.0. The lowest BCUT2D eigenvalue weighted by molar-refractivity contribution is 0.238. The van der Waals surface area contributed by atoms with Gasteiger partial charge in [0.2, 0.25) is 0 Å². The minimum Gasteiger partial charge on any atom is -0.306 e. The molecule has 2 aromatic heterocycles. The van der Waals surface area contributed by atoms with Gasteiger partial charge in [0, 0.05) is 30.8 Å². The number of hydrogen-bond acceptors (Lipinski definition) is 5. The predicted octanol–water partition coefficient (Wildman–Crippen LogP) is 1.93. The van der Waals surface area contributed by atoms with Gasteiger partial charge in [0.05, 0.1) is 18.0 Å². The highest BCUT2D eigenvalue weighted by molar-refractivity contribution is 7.86. The van der Waals surface area contributed by atoms with Crippen molar-refractivity contribution in [2.24, 2.45) is 16.2 Å². The molecule has 25 heavy (non-hydrogen) atoms. The van der Waals surface area contributed by atoms with Gasteiger partial charge in [-0.15, -0.1) is 0 Å². The number of aromatic nitrogens is 2. The molecule has 2 N–H and O–H groups in total. The molecule has 1 aliphatic heterocycles. The highest BCUT2D eigenvalue weighted by Crippen LogP contribution is 2.46. The molecule has 8 nitrogen and oxygen atoms in total. The lowest BCUT2D eigenvalue weighted by atomic mass is 9.85. The molecule has 2 aromatic rings. The van der Waals surface area contributed by atoms with Gasteiger partial charge >= 0.3 is 0 Å². The SMILES string of the molecule is NS(=O)(=O)N1CCCC(C(N=O)c2c(C3CC3)ccn3cncc23)C1. The van der Waals surface area contributed by atoms with E-state index in [1.165, 1.54) is 4.31 Å². The summed E-state index contributed by atoms with van der Waals surface area (Å²) in [5.74, 6) is 0.278. The molecule has 0 aromatic carbocycles.